The molecule has 2 N–H and O–H groups in total. The van der Waals surface area contributed by atoms with Crippen molar-refractivity contribution < 1.29 is 0 Å². The molecule has 2 heterocycles. The van der Waals surface area contributed by atoms with Gasteiger partial charge in [0, 0.05) is 19.1 Å². The molecule has 0 saturated carbocycles. The fourth-order valence-electron chi connectivity index (χ4n) is 1.73. The highest BCUT2D eigenvalue weighted by atomic mass is 35.5. The van der Waals surface area contributed by atoms with Crippen LogP contribution in [0.15, 0.2) is 11.4 Å². The molecule has 1 aromatic heterocycles. The van der Waals surface area contributed by atoms with Crippen molar-refractivity contribution in [1.82, 2.24) is 10.6 Å². The van der Waals surface area contributed by atoms with Gasteiger partial charge in [0.25, 0.3) is 0 Å². The van der Waals surface area contributed by atoms with Gasteiger partial charge in [-0.1, -0.05) is 11.6 Å². The normalized spacial score (nSPS) is 22.5. The Morgan fingerprint density at radius 3 is 3.21 bits per heavy atom. The molecule has 1 aliphatic rings. The molecule has 1 unspecified atom stereocenters. The predicted molar refractivity (Wildman–Crippen MR) is 62.1 cm³/mol. The molecule has 78 valence electrons. The molecule has 0 radical (unpaired) electrons. The van der Waals surface area contributed by atoms with Crippen molar-refractivity contribution in [3.63, 3.8) is 0 Å². The van der Waals surface area contributed by atoms with E-state index in [0.29, 0.717) is 6.04 Å². The molecular weight excluding hydrogens is 216 g/mol. The minimum absolute atomic E-state index is 0.611. The van der Waals surface area contributed by atoms with Crippen molar-refractivity contribution in [2.24, 2.45) is 0 Å². The molecule has 0 spiro atoms. The number of halogens is 1. The highest BCUT2D eigenvalue weighted by Crippen LogP contribution is 2.22. The average molecular weight is 231 g/mol. The zero-order valence-corrected chi connectivity index (χ0v) is 9.63. The Kier molecular flexibility index (Phi) is 3.81. The first kappa shape index (κ1) is 10.4. The van der Waals surface area contributed by atoms with Crippen LogP contribution in [0.2, 0.25) is 4.34 Å². The van der Waals surface area contributed by atoms with Crippen molar-refractivity contribution in [3.8, 4) is 0 Å². The lowest BCUT2D eigenvalue weighted by molar-refractivity contribution is 0.389. The third-order valence-electron chi connectivity index (χ3n) is 2.57. The van der Waals surface area contributed by atoms with Gasteiger partial charge in [-0.25, -0.2) is 0 Å². The van der Waals surface area contributed by atoms with E-state index in [0.717, 1.165) is 24.0 Å². The molecule has 0 aliphatic carbocycles. The van der Waals surface area contributed by atoms with Gasteiger partial charge in [-0.05, 0) is 36.4 Å². The number of rotatable bonds is 3. The quantitative estimate of drug-likeness (QED) is 0.833. The van der Waals surface area contributed by atoms with E-state index >= 15 is 0 Å². The molecule has 1 aromatic rings. The Bertz CT molecular complexity index is 281. The summed E-state index contributed by atoms with van der Waals surface area (Å²) in [5, 5.41) is 8.95. The highest BCUT2D eigenvalue weighted by molar-refractivity contribution is 7.14. The third-order valence-corrected chi connectivity index (χ3v) is 3.82. The third kappa shape index (κ3) is 2.70. The second-order valence-corrected chi connectivity index (χ2v) is 5.16. The zero-order chi connectivity index (χ0) is 9.80. The maximum absolute atomic E-state index is 6.02. The number of piperidine rings is 1. The summed E-state index contributed by atoms with van der Waals surface area (Å²) >= 11 is 7.62. The van der Waals surface area contributed by atoms with Crippen molar-refractivity contribution in [2.45, 2.75) is 25.4 Å². The highest BCUT2D eigenvalue weighted by Gasteiger charge is 2.12. The van der Waals surface area contributed by atoms with Gasteiger partial charge in [0.15, 0.2) is 0 Å². The average Bonchev–Trinajstić information content (AvgIpc) is 2.63. The molecule has 1 atom stereocenters. The van der Waals surface area contributed by atoms with Crippen LogP contribution in [-0.2, 0) is 6.54 Å². The first-order valence-electron chi connectivity index (χ1n) is 5.02. The number of nitrogens with one attached hydrogen (secondary N) is 2. The molecule has 0 bridgehead atoms. The van der Waals surface area contributed by atoms with Crippen LogP contribution >= 0.6 is 22.9 Å². The largest absolute Gasteiger partial charge is 0.315 e. The van der Waals surface area contributed by atoms with Crippen LogP contribution in [0.25, 0.3) is 0 Å². The Morgan fingerprint density at radius 1 is 1.64 bits per heavy atom. The van der Waals surface area contributed by atoms with Crippen molar-refractivity contribution in [1.29, 1.82) is 0 Å². The van der Waals surface area contributed by atoms with Crippen LogP contribution in [0.3, 0.4) is 0 Å². The summed E-state index contributed by atoms with van der Waals surface area (Å²) in [5.74, 6) is 0. The summed E-state index contributed by atoms with van der Waals surface area (Å²) in [4.78, 5) is 0. The molecule has 0 amide bonds. The summed E-state index contributed by atoms with van der Waals surface area (Å²) in [6.07, 6.45) is 2.55. The minimum Gasteiger partial charge on any atom is -0.315 e. The van der Waals surface area contributed by atoms with Gasteiger partial charge in [0.2, 0.25) is 0 Å². The van der Waals surface area contributed by atoms with Crippen LogP contribution in [0, 0.1) is 0 Å². The predicted octanol–water partition coefficient (Wildman–Crippen LogP) is 2.24. The zero-order valence-electron chi connectivity index (χ0n) is 8.05. The number of hydrogen-bond donors (Lipinski definition) is 2. The lowest BCUT2D eigenvalue weighted by Gasteiger charge is -2.23. The van der Waals surface area contributed by atoms with Gasteiger partial charge in [-0.3, -0.25) is 0 Å². The number of thiophene rings is 1. The summed E-state index contributed by atoms with van der Waals surface area (Å²) in [5.41, 5.74) is 1.22. The van der Waals surface area contributed by atoms with Crippen LogP contribution in [0.5, 0.6) is 0 Å². The summed E-state index contributed by atoms with van der Waals surface area (Å²) in [6.45, 7) is 3.15. The SMILES string of the molecule is Clc1sccc1CNC1CCCNC1. The van der Waals surface area contributed by atoms with Crippen LogP contribution < -0.4 is 10.6 Å². The lowest BCUT2D eigenvalue weighted by atomic mass is 10.1. The molecule has 1 fully saturated rings. The molecule has 4 heteroatoms. The molecule has 2 nitrogen and oxygen atoms in total. The topological polar surface area (TPSA) is 24.1 Å². The molecule has 14 heavy (non-hydrogen) atoms. The number of hydrogen-bond acceptors (Lipinski definition) is 3. The Hall–Kier alpha value is -0.0900. The van der Waals surface area contributed by atoms with E-state index in [9.17, 15) is 0 Å². The van der Waals surface area contributed by atoms with Crippen LogP contribution in [-0.4, -0.2) is 19.1 Å². The monoisotopic (exact) mass is 230 g/mol. The maximum Gasteiger partial charge on any atom is 0.0973 e. The Labute approximate surface area is 93.7 Å². The molecule has 0 aromatic carbocycles. The van der Waals surface area contributed by atoms with Gasteiger partial charge < -0.3 is 10.6 Å². The van der Waals surface area contributed by atoms with Crippen molar-refractivity contribution >= 4 is 22.9 Å². The fourth-order valence-corrected chi connectivity index (χ4v) is 2.65. The Balaban J connectivity index is 1.79. The summed E-state index contributed by atoms with van der Waals surface area (Å²) < 4.78 is 0.918. The maximum atomic E-state index is 6.02. The van der Waals surface area contributed by atoms with Gasteiger partial charge >= 0.3 is 0 Å². The fraction of sp³-hybridized carbons (Fsp3) is 0.600. The van der Waals surface area contributed by atoms with E-state index in [4.69, 9.17) is 11.6 Å². The van der Waals surface area contributed by atoms with E-state index in [1.807, 2.05) is 5.38 Å². The molecule has 2 rings (SSSR count). The van der Waals surface area contributed by atoms with E-state index < -0.39 is 0 Å². The molecular formula is C10H15ClN2S. The van der Waals surface area contributed by atoms with E-state index in [2.05, 4.69) is 16.7 Å². The van der Waals surface area contributed by atoms with Crippen LogP contribution in [0.4, 0.5) is 0 Å². The van der Waals surface area contributed by atoms with Gasteiger partial charge in [0.1, 0.15) is 0 Å². The van der Waals surface area contributed by atoms with E-state index in [1.54, 1.807) is 11.3 Å². The second-order valence-electron chi connectivity index (χ2n) is 3.64. The summed E-state index contributed by atoms with van der Waals surface area (Å²) in [7, 11) is 0. The lowest BCUT2D eigenvalue weighted by Crippen LogP contribution is -2.42. The van der Waals surface area contributed by atoms with Crippen LogP contribution in [0.1, 0.15) is 18.4 Å². The standard InChI is InChI=1S/C10H15ClN2S/c11-10-8(3-5-14-10)6-13-9-2-1-4-12-7-9/h3,5,9,12-13H,1-2,4,6-7H2. The second kappa shape index (κ2) is 5.12. The Morgan fingerprint density at radius 2 is 2.57 bits per heavy atom. The van der Waals surface area contributed by atoms with E-state index in [1.165, 1.54) is 18.4 Å². The molecule has 1 aliphatic heterocycles. The minimum atomic E-state index is 0.611. The van der Waals surface area contributed by atoms with Crippen molar-refractivity contribution in [3.05, 3.63) is 21.3 Å². The van der Waals surface area contributed by atoms with Gasteiger partial charge in [-0.15, -0.1) is 11.3 Å². The van der Waals surface area contributed by atoms with Crippen molar-refractivity contribution in [2.75, 3.05) is 13.1 Å². The summed E-state index contributed by atoms with van der Waals surface area (Å²) in [6, 6.07) is 2.70. The first-order valence-corrected chi connectivity index (χ1v) is 6.28. The first-order chi connectivity index (χ1) is 6.86. The van der Waals surface area contributed by atoms with Gasteiger partial charge in [0.05, 0.1) is 4.34 Å². The smallest absolute Gasteiger partial charge is 0.0973 e. The van der Waals surface area contributed by atoms with E-state index in [-0.39, 0.29) is 0 Å². The molecule has 1 saturated heterocycles. The van der Waals surface area contributed by atoms with Gasteiger partial charge in [-0.2, -0.15) is 0 Å².